The van der Waals surface area contributed by atoms with Crippen molar-refractivity contribution in [2.24, 2.45) is 0 Å². The summed E-state index contributed by atoms with van der Waals surface area (Å²) in [5, 5.41) is 23.5. The Balaban J connectivity index is 1.76. The normalized spacial score (nSPS) is 11.7. The van der Waals surface area contributed by atoms with E-state index in [1.165, 1.54) is 19.2 Å². The van der Waals surface area contributed by atoms with E-state index >= 15 is 0 Å². The van der Waals surface area contributed by atoms with Crippen LogP contribution in [-0.2, 0) is 16.0 Å². The second-order valence-electron chi connectivity index (χ2n) is 5.88. The molecular weight excluding hydrogens is 378 g/mol. The van der Waals surface area contributed by atoms with Crippen molar-refractivity contribution in [3.05, 3.63) is 64.0 Å². The zero-order chi connectivity index (χ0) is 20.8. The molecule has 0 aliphatic rings. The molecular formula is C19H17N5O5. The Morgan fingerprint density at radius 1 is 1.31 bits per heavy atom. The van der Waals surface area contributed by atoms with E-state index in [-0.39, 0.29) is 30.2 Å². The Hall–Kier alpha value is -3.97. The van der Waals surface area contributed by atoms with Crippen LogP contribution in [0, 0.1) is 11.3 Å². The van der Waals surface area contributed by atoms with Gasteiger partial charge in [0.2, 0.25) is 0 Å². The molecule has 0 spiro atoms. The highest BCUT2D eigenvalue weighted by atomic mass is 16.5. The molecule has 2 N–H and O–H groups in total. The predicted molar refractivity (Wildman–Crippen MR) is 102 cm³/mol. The molecule has 0 atom stereocenters. The van der Waals surface area contributed by atoms with Gasteiger partial charge in [0.25, 0.3) is 5.56 Å². The van der Waals surface area contributed by atoms with Crippen molar-refractivity contribution in [2.45, 2.75) is 6.54 Å². The molecule has 3 aromatic rings. The van der Waals surface area contributed by atoms with E-state index in [0.29, 0.717) is 11.0 Å². The van der Waals surface area contributed by atoms with Crippen molar-refractivity contribution in [2.75, 3.05) is 20.3 Å². The number of carbonyl (C=O) groups excluding carboxylic acids is 1. The minimum absolute atomic E-state index is 0.115. The highest BCUT2D eigenvalue weighted by Gasteiger charge is 2.17. The fourth-order valence-electron chi connectivity index (χ4n) is 2.50. The van der Waals surface area contributed by atoms with E-state index in [1.54, 1.807) is 24.3 Å². The molecule has 3 rings (SSSR count). The average molecular weight is 395 g/mol. The molecule has 2 aromatic heterocycles. The van der Waals surface area contributed by atoms with Crippen molar-refractivity contribution in [3.63, 3.8) is 0 Å². The number of methoxy groups -OCH3 is 1. The van der Waals surface area contributed by atoms with Crippen LogP contribution >= 0.6 is 0 Å². The first kappa shape index (κ1) is 19.8. The van der Waals surface area contributed by atoms with Gasteiger partial charge in [-0.25, -0.2) is 14.5 Å². The molecule has 0 radical (unpaired) electrons. The number of aromatic nitrogens is 4. The zero-order valence-electron chi connectivity index (χ0n) is 15.5. The van der Waals surface area contributed by atoms with Crippen molar-refractivity contribution in [1.82, 2.24) is 19.7 Å². The summed E-state index contributed by atoms with van der Waals surface area (Å²) in [6.07, 6.45) is 0. The number of hydrogen-bond acceptors (Lipinski definition) is 8. The summed E-state index contributed by atoms with van der Waals surface area (Å²) in [6.45, 7) is -0.137. The molecule has 0 saturated heterocycles. The summed E-state index contributed by atoms with van der Waals surface area (Å²) in [5.74, 6) is -1.16. The number of hydrogen-bond donors (Lipinski definition) is 2. The van der Waals surface area contributed by atoms with Crippen LogP contribution in [0.3, 0.4) is 0 Å². The van der Waals surface area contributed by atoms with Crippen LogP contribution in [0.2, 0.25) is 0 Å². The largest absolute Gasteiger partial charge is 0.507 e. The third-order valence-corrected chi connectivity index (χ3v) is 3.95. The van der Waals surface area contributed by atoms with Crippen LogP contribution in [0.15, 0.2) is 47.0 Å². The van der Waals surface area contributed by atoms with E-state index in [4.69, 9.17) is 9.47 Å². The lowest BCUT2D eigenvalue weighted by Gasteiger charge is -2.07. The maximum Gasteiger partial charge on any atom is 0.359 e. The van der Waals surface area contributed by atoms with Crippen LogP contribution in [0.25, 0.3) is 16.6 Å². The monoisotopic (exact) mass is 395 g/mol. The first-order valence-corrected chi connectivity index (χ1v) is 8.55. The van der Waals surface area contributed by atoms with E-state index in [1.807, 2.05) is 6.07 Å². The molecule has 0 fully saturated rings. The molecule has 29 heavy (non-hydrogen) atoms. The number of rotatable bonds is 7. The first-order chi connectivity index (χ1) is 14.0. The lowest BCUT2D eigenvalue weighted by atomic mass is 10.2. The molecule has 0 aliphatic carbocycles. The van der Waals surface area contributed by atoms with Gasteiger partial charge in [-0.2, -0.15) is 10.4 Å². The number of aliphatic hydroxyl groups excluding tert-OH is 1. The maximum absolute atomic E-state index is 12.2. The van der Waals surface area contributed by atoms with Crippen LogP contribution in [0.4, 0.5) is 0 Å². The quantitative estimate of drug-likeness (QED) is 0.347. The number of aliphatic hydroxyl groups is 1. The highest BCUT2D eigenvalue weighted by molar-refractivity contribution is 5.87. The molecule has 0 aliphatic heterocycles. The number of carbonyl (C=O) groups is 1. The standard InChI is InChI=1S/C19H17N5O5/c1-28-9-8-24-17(26)7-6-15(23-24)19(27)29-11-16(25)12(10-20)18-21-13-4-2-3-5-14(13)22-18/h2-7,25H,8-9,11H2,1H3,(H,21,22). The van der Waals surface area contributed by atoms with Crippen LogP contribution < -0.4 is 5.56 Å². The van der Waals surface area contributed by atoms with Gasteiger partial charge in [0.15, 0.2) is 17.3 Å². The van der Waals surface area contributed by atoms with Gasteiger partial charge in [-0.05, 0) is 18.2 Å². The minimum Gasteiger partial charge on any atom is -0.507 e. The summed E-state index contributed by atoms with van der Waals surface area (Å²) in [4.78, 5) is 31.1. The number of nitrogens with one attached hydrogen (secondary N) is 1. The van der Waals surface area contributed by atoms with Gasteiger partial charge >= 0.3 is 5.97 Å². The molecule has 0 unspecified atom stereocenters. The van der Waals surface area contributed by atoms with Crippen molar-refractivity contribution >= 4 is 22.6 Å². The van der Waals surface area contributed by atoms with Gasteiger partial charge in [-0.1, -0.05) is 12.1 Å². The van der Waals surface area contributed by atoms with Crippen LogP contribution in [-0.4, -0.2) is 51.1 Å². The number of allylic oxidation sites excluding steroid dienone is 1. The minimum atomic E-state index is -0.857. The van der Waals surface area contributed by atoms with Crippen molar-refractivity contribution in [3.8, 4) is 6.07 Å². The second-order valence-corrected chi connectivity index (χ2v) is 5.88. The van der Waals surface area contributed by atoms with Crippen LogP contribution in [0.5, 0.6) is 0 Å². The lowest BCUT2D eigenvalue weighted by Crippen LogP contribution is -2.26. The number of para-hydroxylation sites is 2. The average Bonchev–Trinajstić information content (AvgIpc) is 3.15. The Morgan fingerprint density at radius 2 is 2.10 bits per heavy atom. The summed E-state index contributed by atoms with van der Waals surface area (Å²) in [5.41, 5.74) is 0.672. The van der Waals surface area contributed by atoms with E-state index in [2.05, 4.69) is 15.1 Å². The Bertz CT molecular complexity index is 1140. The molecule has 148 valence electrons. The van der Waals surface area contributed by atoms with Gasteiger partial charge in [0.05, 0.1) is 24.2 Å². The molecule has 1 aromatic carbocycles. The Labute approximate surface area is 164 Å². The number of benzene rings is 1. The SMILES string of the molecule is COCCn1nc(C(=O)OCC(O)=C(C#N)c2nc3ccccc3[nH]2)ccc1=O. The van der Waals surface area contributed by atoms with E-state index in [0.717, 1.165) is 4.68 Å². The third kappa shape index (κ3) is 4.48. The van der Waals surface area contributed by atoms with Gasteiger partial charge in [0.1, 0.15) is 18.2 Å². The summed E-state index contributed by atoms with van der Waals surface area (Å²) >= 11 is 0. The van der Waals surface area contributed by atoms with E-state index in [9.17, 15) is 20.0 Å². The summed E-state index contributed by atoms with van der Waals surface area (Å²) < 4.78 is 11.0. The number of ether oxygens (including phenoxy) is 2. The Kier molecular flexibility index (Phi) is 6.01. The fourth-order valence-corrected chi connectivity index (χ4v) is 2.50. The van der Waals surface area contributed by atoms with Gasteiger partial charge < -0.3 is 19.6 Å². The number of aromatic amines is 1. The summed E-state index contributed by atoms with van der Waals surface area (Å²) in [6, 6.07) is 11.4. The molecule has 0 saturated carbocycles. The lowest BCUT2D eigenvalue weighted by molar-refractivity contribution is 0.0492. The smallest absolute Gasteiger partial charge is 0.359 e. The first-order valence-electron chi connectivity index (χ1n) is 8.55. The Morgan fingerprint density at radius 3 is 2.83 bits per heavy atom. The zero-order valence-corrected chi connectivity index (χ0v) is 15.5. The third-order valence-electron chi connectivity index (χ3n) is 3.95. The summed E-state index contributed by atoms with van der Waals surface area (Å²) in [7, 11) is 1.48. The molecule has 10 nitrogen and oxygen atoms in total. The number of nitriles is 1. The van der Waals surface area contributed by atoms with Crippen LogP contribution in [0.1, 0.15) is 16.3 Å². The molecule has 0 amide bonds. The number of H-pyrrole nitrogens is 1. The van der Waals surface area contributed by atoms with Crippen molar-refractivity contribution in [1.29, 1.82) is 5.26 Å². The molecule has 2 heterocycles. The molecule has 0 bridgehead atoms. The maximum atomic E-state index is 12.2. The van der Waals surface area contributed by atoms with Gasteiger partial charge in [-0.15, -0.1) is 0 Å². The molecule has 10 heteroatoms. The number of nitrogens with zero attached hydrogens (tertiary/aromatic N) is 4. The second kappa shape index (κ2) is 8.81. The predicted octanol–water partition coefficient (Wildman–Crippen LogP) is 1.42. The van der Waals surface area contributed by atoms with Gasteiger partial charge in [0, 0.05) is 13.2 Å². The number of esters is 1. The topological polar surface area (TPSA) is 143 Å². The highest BCUT2D eigenvalue weighted by Crippen LogP contribution is 2.18. The van der Waals surface area contributed by atoms with E-state index < -0.39 is 23.9 Å². The number of imidazole rings is 1. The fraction of sp³-hybridized carbons (Fsp3) is 0.211. The number of fused-ring (bicyclic) bond motifs is 1. The van der Waals surface area contributed by atoms with Gasteiger partial charge in [-0.3, -0.25) is 4.79 Å². The van der Waals surface area contributed by atoms with Crippen molar-refractivity contribution < 1.29 is 19.4 Å².